The smallest absolute Gasteiger partial charge is 0.271 e. The zero-order valence-electron chi connectivity index (χ0n) is 16.0. The Hall–Kier alpha value is -2.40. The van der Waals surface area contributed by atoms with E-state index in [1.165, 1.54) is 0 Å². The first-order valence-electron chi connectivity index (χ1n) is 9.41. The molecule has 1 aliphatic heterocycles. The molecule has 3 aromatic carbocycles. The van der Waals surface area contributed by atoms with Gasteiger partial charge in [-0.1, -0.05) is 46.9 Å². The van der Waals surface area contributed by atoms with Gasteiger partial charge in [-0.3, -0.25) is 9.69 Å². The summed E-state index contributed by atoms with van der Waals surface area (Å²) in [4.78, 5) is 14.8. The summed E-state index contributed by atoms with van der Waals surface area (Å²) < 4.78 is 11.5. The molecule has 1 aliphatic rings. The van der Waals surface area contributed by atoms with Crippen molar-refractivity contribution in [3.8, 4) is 11.5 Å². The molecule has 0 spiro atoms. The van der Waals surface area contributed by atoms with Crippen LogP contribution in [0.15, 0.2) is 66.7 Å². The third kappa shape index (κ3) is 4.08. The zero-order valence-corrected chi connectivity index (χ0v) is 18.3. The van der Waals surface area contributed by atoms with Gasteiger partial charge in [-0.15, -0.1) is 0 Å². The summed E-state index contributed by atoms with van der Waals surface area (Å²) in [6.45, 7) is 2.50. The van der Waals surface area contributed by atoms with Crippen LogP contribution in [0.3, 0.4) is 0 Å². The number of β-lactam (4-membered cyclic amide) rings is 1. The lowest BCUT2D eigenvalue weighted by Crippen LogP contribution is -2.61. The van der Waals surface area contributed by atoms with E-state index < -0.39 is 6.10 Å². The number of nitrogens with zero attached hydrogens (tertiary/aromatic N) is 1. The average Bonchev–Trinajstić information content (AvgIpc) is 2.73. The molecule has 0 aliphatic carbocycles. The van der Waals surface area contributed by atoms with Gasteiger partial charge in [-0.25, -0.2) is 0 Å². The first kappa shape index (κ1) is 20.9. The summed E-state index contributed by atoms with van der Waals surface area (Å²) in [6, 6.07) is 19.4. The van der Waals surface area contributed by atoms with Gasteiger partial charge >= 0.3 is 0 Å². The molecule has 1 heterocycles. The highest BCUT2D eigenvalue weighted by Crippen LogP contribution is 2.43. The first-order chi connectivity index (χ1) is 14.5. The molecule has 0 radical (unpaired) electrons. The minimum absolute atomic E-state index is 0.162. The van der Waals surface area contributed by atoms with Crippen LogP contribution in [0, 0.1) is 0 Å². The van der Waals surface area contributed by atoms with Crippen molar-refractivity contribution in [2.75, 3.05) is 11.5 Å². The number of benzene rings is 3. The maximum Gasteiger partial charge on any atom is 0.271 e. The van der Waals surface area contributed by atoms with Gasteiger partial charge in [0.15, 0.2) is 0 Å². The molecule has 1 saturated heterocycles. The fourth-order valence-corrected chi connectivity index (χ4v) is 4.01. The molecule has 7 heteroatoms. The predicted octanol–water partition coefficient (Wildman–Crippen LogP) is 6.58. The van der Waals surface area contributed by atoms with Crippen LogP contribution in [-0.2, 0) is 4.79 Å². The van der Waals surface area contributed by atoms with Crippen molar-refractivity contribution in [2.45, 2.75) is 19.1 Å². The summed E-state index contributed by atoms with van der Waals surface area (Å²) in [5, 5.41) is 1.47. The van der Waals surface area contributed by atoms with Crippen molar-refractivity contribution in [3.63, 3.8) is 0 Å². The number of carbonyl (C=O) groups is 1. The van der Waals surface area contributed by atoms with Crippen molar-refractivity contribution >= 4 is 46.4 Å². The Kier molecular flexibility index (Phi) is 6.09. The van der Waals surface area contributed by atoms with Crippen LogP contribution in [0.5, 0.6) is 11.5 Å². The van der Waals surface area contributed by atoms with E-state index in [1.807, 2.05) is 43.3 Å². The third-order valence-corrected chi connectivity index (χ3v) is 5.61. The number of hydrogen-bond acceptors (Lipinski definition) is 3. The molecule has 1 amide bonds. The van der Waals surface area contributed by atoms with Crippen LogP contribution >= 0.6 is 34.8 Å². The normalized spacial score (nSPS) is 18.1. The van der Waals surface area contributed by atoms with E-state index in [1.54, 1.807) is 35.2 Å². The molecule has 0 aromatic heterocycles. The molecule has 0 bridgehead atoms. The van der Waals surface area contributed by atoms with Crippen molar-refractivity contribution < 1.29 is 14.3 Å². The second-order valence-corrected chi connectivity index (χ2v) is 8.02. The minimum Gasteiger partial charge on any atom is -0.494 e. The van der Waals surface area contributed by atoms with E-state index in [4.69, 9.17) is 44.3 Å². The van der Waals surface area contributed by atoms with Crippen LogP contribution in [0.2, 0.25) is 15.1 Å². The van der Waals surface area contributed by atoms with E-state index in [0.29, 0.717) is 27.4 Å². The van der Waals surface area contributed by atoms with Crippen LogP contribution < -0.4 is 14.4 Å². The van der Waals surface area contributed by atoms with Crippen molar-refractivity contribution in [3.05, 3.63) is 87.4 Å². The van der Waals surface area contributed by atoms with Gasteiger partial charge in [0.2, 0.25) is 6.10 Å². The Balaban J connectivity index is 1.66. The van der Waals surface area contributed by atoms with E-state index in [2.05, 4.69) is 0 Å². The highest BCUT2D eigenvalue weighted by molar-refractivity contribution is 6.35. The molecule has 3 aromatic rings. The molecule has 2 atom stereocenters. The highest BCUT2D eigenvalue weighted by atomic mass is 35.5. The summed E-state index contributed by atoms with van der Waals surface area (Å²) >= 11 is 18.3. The fraction of sp³-hybridized carbons (Fsp3) is 0.174. The van der Waals surface area contributed by atoms with Crippen molar-refractivity contribution in [1.82, 2.24) is 0 Å². The first-order valence-corrected chi connectivity index (χ1v) is 10.5. The quantitative estimate of drug-likeness (QED) is 0.388. The summed E-state index contributed by atoms with van der Waals surface area (Å²) in [5.74, 6) is 0.993. The maximum atomic E-state index is 13.1. The zero-order chi connectivity index (χ0) is 21.3. The van der Waals surface area contributed by atoms with E-state index in [9.17, 15) is 4.79 Å². The molecule has 0 saturated carbocycles. The lowest BCUT2D eigenvalue weighted by Gasteiger charge is -2.46. The second kappa shape index (κ2) is 8.76. The average molecular weight is 463 g/mol. The summed E-state index contributed by atoms with van der Waals surface area (Å²) in [6.07, 6.45) is -0.726. The maximum absolute atomic E-state index is 13.1. The van der Waals surface area contributed by atoms with Crippen molar-refractivity contribution in [2.24, 2.45) is 0 Å². The molecule has 1 fully saturated rings. The Labute approximate surface area is 189 Å². The number of rotatable bonds is 6. The van der Waals surface area contributed by atoms with Crippen molar-refractivity contribution in [1.29, 1.82) is 0 Å². The Morgan fingerprint density at radius 3 is 2.20 bits per heavy atom. The molecule has 154 valence electrons. The summed E-state index contributed by atoms with van der Waals surface area (Å²) in [7, 11) is 0. The van der Waals surface area contributed by atoms with Gasteiger partial charge in [0, 0.05) is 15.7 Å². The van der Waals surface area contributed by atoms with Gasteiger partial charge in [0.25, 0.3) is 5.91 Å². The molecular weight excluding hydrogens is 445 g/mol. The van der Waals surface area contributed by atoms with Gasteiger partial charge in [0.05, 0.1) is 11.6 Å². The molecule has 30 heavy (non-hydrogen) atoms. The van der Waals surface area contributed by atoms with Crippen LogP contribution in [0.25, 0.3) is 0 Å². The van der Waals surface area contributed by atoms with Gasteiger partial charge < -0.3 is 9.47 Å². The predicted molar refractivity (Wildman–Crippen MR) is 120 cm³/mol. The van der Waals surface area contributed by atoms with Gasteiger partial charge in [-0.05, 0) is 67.1 Å². The standard InChI is InChI=1S/C23H18Cl3NO3/c1-2-29-18-10-8-17(9-11-18)27-21(14-3-5-15(24)6-4-14)22(23(27)28)30-20-12-7-16(25)13-19(20)26/h3-13,21-22H,2H2,1H3. The van der Waals surface area contributed by atoms with Gasteiger partial charge in [-0.2, -0.15) is 0 Å². The molecule has 0 N–H and O–H groups in total. The monoisotopic (exact) mass is 461 g/mol. The summed E-state index contributed by atoms with van der Waals surface area (Å²) in [5.41, 5.74) is 1.66. The third-order valence-electron chi connectivity index (χ3n) is 4.83. The highest BCUT2D eigenvalue weighted by Gasteiger charge is 2.51. The molecular formula is C23H18Cl3NO3. The van der Waals surface area contributed by atoms with Gasteiger partial charge in [0.1, 0.15) is 17.5 Å². The van der Waals surface area contributed by atoms with Crippen LogP contribution in [-0.4, -0.2) is 18.6 Å². The largest absolute Gasteiger partial charge is 0.494 e. The van der Waals surface area contributed by atoms with E-state index >= 15 is 0 Å². The number of anilines is 1. The van der Waals surface area contributed by atoms with E-state index in [0.717, 1.165) is 17.0 Å². The SMILES string of the molecule is CCOc1ccc(N2C(=O)C(Oc3ccc(Cl)cc3Cl)C2c2ccc(Cl)cc2)cc1. The second-order valence-electron chi connectivity index (χ2n) is 6.74. The molecule has 2 unspecified atom stereocenters. The molecule has 4 nitrogen and oxygen atoms in total. The molecule has 4 rings (SSSR count). The topological polar surface area (TPSA) is 38.8 Å². The van der Waals surface area contributed by atoms with Crippen LogP contribution in [0.4, 0.5) is 5.69 Å². The number of amides is 1. The lowest BCUT2D eigenvalue weighted by molar-refractivity contribution is -0.135. The van der Waals surface area contributed by atoms with Crippen LogP contribution in [0.1, 0.15) is 18.5 Å². The number of ether oxygens (including phenoxy) is 2. The fourth-order valence-electron chi connectivity index (χ4n) is 3.43. The number of carbonyl (C=O) groups excluding carboxylic acids is 1. The Morgan fingerprint density at radius 2 is 1.57 bits per heavy atom. The minimum atomic E-state index is -0.726. The lowest BCUT2D eigenvalue weighted by atomic mass is 9.89. The van der Waals surface area contributed by atoms with E-state index in [-0.39, 0.29) is 11.9 Å². The Morgan fingerprint density at radius 1 is 0.900 bits per heavy atom. The number of hydrogen-bond donors (Lipinski definition) is 0. The number of halogens is 3. The Bertz CT molecular complexity index is 1050.